The summed E-state index contributed by atoms with van der Waals surface area (Å²) in [6.07, 6.45) is 3.20. The summed E-state index contributed by atoms with van der Waals surface area (Å²) in [5.74, 6) is 2.20. The molecule has 0 aromatic heterocycles. The summed E-state index contributed by atoms with van der Waals surface area (Å²) in [6.45, 7) is 7.31. The lowest BCUT2D eigenvalue weighted by molar-refractivity contribution is 0.165. The van der Waals surface area contributed by atoms with Crippen LogP contribution in [0.5, 0.6) is 17.2 Å². The number of nitrogens with one attached hydrogen (secondary N) is 1. The fourth-order valence-corrected chi connectivity index (χ4v) is 2.18. The van der Waals surface area contributed by atoms with Crippen molar-refractivity contribution in [2.45, 2.75) is 20.3 Å². The van der Waals surface area contributed by atoms with E-state index in [9.17, 15) is 0 Å². The van der Waals surface area contributed by atoms with E-state index >= 15 is 0 Å². The highest BCUT2D eigenvalue weighted by Crippen LogP contribution is 2.40. The Morgan fingerprint density at radius 3 is 2.80 bits per heavy atom. The lowest BCUT2D eigenvalue weighted by Gasteiger charge is -2.21. The lowest BCUT2D eigenvalue weighted by Crippen LogP contribution is -2.16. The minimum absolute atomic E-state index is 0.569. The van der Waals surface area contributed by atoms with Crippen LogP contribution >= 0.6 is 0 Å². The maximum atomic E-state index is 5.65. The van der Waals surface area contributed by atoms with E-state index in [1.54, 1.807) is 7.11 Å². The fraction of sp³-hybridized carbons (Fsp3) is 0.500. The zero-order valence-corrected chi connectivity index (χ0v) is 12.5. The number of likely N-dealkylation sites (N-methyl/N-ethyl adjacent to an activating group) is 1. The van der Waals surface area contributed by atoms with E-state index in [4.69, 9.17) is 14.2 Å². The number of hydrogen-bond donors (Lipinski definition) is 1. The molecule has 1 heterocycles. The van der Waals surface area contributed by atoms with Crippen LogP contribution in [0.15, 0.2) is 17.7 Å². The van der Waals surface area contributed by atoms with Crippen molar-refractivity contribution in [2.24, 2.45) is 0 Å². The summed E-state index contributed by atoms with van der Waals surface area (Å²) in [7, 11) is 1.65. The molecule has 1 aromatic carbocycles. The Labute approximate surface area is 120 Å². The molecule has 20 heavy (non-hydrogen) atoms. The van der Waals surface area contributed by atoms with Crippen molar-refractivity contribution >= 4 is 6.08 Å². The molecule has 0 aliphatic carbocycles. The average Bonchev–Trinajstić information content (AvgIpc) is 2.50. The second kappa shape index (κ2) is 7.20. The maximum absolute atomic E-state index is 5.65. The van der Waals surface area contributed by atoms with E-state index in [0.29, 0.717) is 19.0 Å². The van der Waals surface area contributed by atoms with Gasteiger partial charge in [0.25, 0.3) is 0 Å². The quantitative estimate of drug-likeness (QED) is 0.868. The summed E-state index contributed by atoms with van der Waals surface area (Å²) < 4.78 is 16.7. The molecule has 1 aliphatic rings. The smallest absolute Gasteiger partial charge is 0.203 e. The number of fused-ring (bicyclic) bond motifs is 1. The second-order valence-electron chi connectivity index (χ2n) is 4.68. The van der Waals surface area contributed by atoms with Gasteiger partial charge in [-0.15, -0.1) is 0 Å². The lowest BCUT2D eigenvalue weighted by atomic mass is 10.1. The zero-order valence-electron chi connectivity index (χ0n) is 12.5. The summed E-state index contributed by atoms with van der Waals surface area (Å²) in [5, 5.41) is 3.35. The summed E-state index contributed by atoms with van der Waals surface area (Å²) in [4.78, 5) is 0. The first-order valence-electron chi connectivity index (χ1n) is 7.16. The number of methoxy groups -OCH3 is 1. The molecule has 0 saturated carbocycles. The van der Waals surface area contributed by atoms with E-state index in [-0.39, 0.29) is 0 Å². The molecule has 0 bridgehead atoms. The highest BCUT2D eigenvalue weighted by atomic mass is 16.6. The Bertz CT molecular complexity index is 466. The van der Waals surface area contributed by atoms with Gasteiger partial charge in [-0.05, 0) is 30.7 Å². The number of rotatable bonds is 6. The molecule has 0 amide bonds. The number of hydrogen-bond acceptors (Lipinski definition) is 4. The van der Waals surface area contributed by atoms with Gasteiger partial charge < -0.3 is 19.5 Å². The fourth-order valence-electron chi connectivity index (χ4n) is 2.18. The predicted molar refractivity (Wildman–Crippen MR) is 80.8 cm³/mol. The van der Waals surface area contributed by atoms with Crippen LogP contribution in [0.25, 0.3) is 6.08 Å². The van der Waals surface area contributed by atoms with E-state index in [1.165, 1.54) is 5.57 Å². The van der Waals surface area contributed by atoms with Crippen molar-refractivity contribution in [2.75, 3.05) is 33.4 Å². The summed E-state index contributed by atoms with van der Waals surface area (Å²) in [5.41, 5.74) is 2.44. The van der Waals surface area contributed by atoms with E-state index in [1.807, 2.05) is 12.1 Å². The number of ether oxygens (including phenoxy) is 3. The van der Waals surface area contributed by atoms with Gasteiger partial charge in [-0.2, -0.15) is 0 Å². The van der Waals surface area contributed by atoms with Crippen molar-refractivity contribution in [1.82, 2.24) is 5.32 Å². The van der Waals surface area contributed by atoms with E-state index in [2.05, 4.69) is 25.2 Å². The standard InChI is InChI=1S/C16H23NO3/c1-4-12(11-17-5-2)8-13-9-14(18-3)16-15(10-13)19-6-7-20-16/h8-10,17H,4-7,11H2,1-3H3. The Morgan fingerprint density at radius 1 is 1.30 bits per heavy atom. The third-order valence-electron chi connectivity index (χ3n) is 3.28. The largest absolute Gasteiger partial charge is 0.493 e. The van der Waals surface area contributed by atoms with Gasteiger partial charge in [-0.25, -0.2) is 0 Å². The SMILES string of the molecule is CCNCC(=Cc1cc(OC)c2c(c1)OCCO2)CC. The summed E-state index contributed by atoms with van der Waals surface area (Å²) in [6, 6.07) is 4.01. The van der Waals surface area contributed by atoms with Crippen molar-refractivity contribution < 1.29 is 14.2 Å². The topological polar surface area (TPSA) is 39.7 Å². The molecule has 0 radical (unpaired) electrons. The molecule has 1 aliphatic heterocycles. The van der Waals surface area contributed by atoms with Crippen LogP contribution in [-0.4, -0.2) is 33.4 Å². The second-order valence-corrected chi connectivity index (χ2v) is 4.68. The zero-order chi connectivity index (χ0) is 14.4. The van der Waals surface area contributed by atoms with Crippen molar-refractivity contribution in [3.05, 3.63) is 23.3 Å². The van der Waals surface area contributed by atoms with Crippen LogP contribution in [0.4, 0.5) is 0 Å². The molecule has 0 saturated heterocycles. The molecule has 4 nitrogen and oxygen atoms in total. The first-order valence-corrected chi connectivity index (χ1v) is 7.16. The highest BCUT2D eigenvalue weighted by Gasteiger charge is 2.17. The third kappa shape index (κ3) is 3.45. The molecule has 0 unspecified atom stereocenters. The average molecular weight is 277 g/mol. The molecular formula is C16H23NO3. The first-order chi connectivity index (χ1) is 9.78. The normalized spacial score (nSPS) is 14.2. The van der Waals surface area contributed by atoms with Crippen molar-refractivity contribution in [3.63, 3.8) is 0 Å². The van der Waals surface area contributed by atoms with Gasteiger partial charge in [0, 0.05) is 6.54 Å². The van der Waals surface area contributed by atoms with Crippen molar-refractivity contribution in [3.8, 4) is 17.2 Å². The number of benzene rings is 1. The first kappa shape index (κ1) is 14.7. The molecule has 0 spiro atoms. The van der Waals surface area contributed by atoms with Gasteiger partial charge in [-0.3, -0.25) is 0 Å². The Morgan fingerprint density at radius 2 is 2.10 bits per heavy atom. The maximum Gasteiger partial charge on any atom is 0.203 e. The van der Waals surface area contributed by atoms with Gasteiger partial charge >= 0.3 is 0 Å². The molecule has 0 atom stereocenters. The molecule has 0 fully saturated rings. The third-order valence-corrected chi connectivity index (χ3v) is 3.28. The van der Waals surface area contributed by atoms with Gasteiger partial charge in [0.2, 0.25) is 5.75 Å². The van der Waals surface area contributed by atoms with Gasteiger partial charge in [0.15, 0.2) is 11.5 Å². The molecular weight excluding hydrogens is 254 g/mol. The van der Waals surface area contributed by atoms with E-state index < -0.39 is 0 Å². The Hall–Kier alpha value is -1.68. The highest BCUT2D eigenvalue weighted by molar-refractivity contribution is 5.63. The Balaban J connectivity index is 2.29. The van der Waals surface area contributed by atoms with Gasteiger partial charge in [0.1, 0.15) is 13.2 Å². The van der Waals surface area contributed by atoms with Crippen LogP contribution in [-0.2, 0) is 0 Å². The molecule has 1 aromatic rings. The van der Waals surface area contributed by atoms with Gasteiger partial charge in [-0.1, -0.05) is 25.5 Å². The molecule has 1 N–H and O–H groups in total. The van der Waals surface area contributed by atoms with Crippen LogP contribution in [0.3, 0.4) is 0 Å². The monoisotopic (exact) mass is 277 g/mol. The van der Waals surface area contributed by atoms with Crippen LogP contribution in [0, 0.1) is 0 Å². The molecule has 110 valence electrons. The van der Waals surface area contributed by atoms with Crippen LogP contribution in [0.2, 0.25) is 0 Å². The van der Waals surface area contributed by atoms with E-state index in [0.717, 1.165) is 36.6 Å². The minimum atomic E-state index is 0.569. The predicted octanol–water partition coefficient (Wildman–Crippen LogP) is 2.87. The summed E-state index contributed by atoms with van der Waals surface area (Å²) >= 11 is 0. The van der Waals surface area contributed by atoms with Gasteiger partial charge in [0.05, 0.1) is 7.11 Å². The van der Waals surface area contributed by atoms with Crippen LogP contribution < -0.4 is 19.5 Å². The molecule has 2 rings (SSSR count). The minimum Gasteiger partial charge on any atom is -0.493 e. The van der Waals surface area contributed by atoms with Crippen molar-refractivity contribution in [1.29, 1.82) is 0 Å². The Kier molecular flexibility index (Phi) is 5.30. The molecule has 4 heteroatoms. The van der Waals surface area contributed by atoms with Crippen LogP contribution in [0.1, 0.15) is 25.8 Å².